The van der Waals surface area contributed by atoms with E-state index >= 15 is 0 Å². The third kappa shape index (κ3) is 2.97. The van der Waals surface area contributed by atoms with Gasteiger partial charge in [-0.05, 0) is 26.2 Å². The highest BCUT2D eigenvalue weighted by atomic mass is 16.5. The molecule has 1 unspecified atom stereocenters. The molecule has 23 heavy (non-hydrogen) atoms. The lowest BCUT2D eigenvalue weighted by molar-refractivity contribution is -0.166. The van der Waals surface area contributed by atoms with Crippen LogP contribution in [0, 0.1) is 0 Å². The van der Waals surface area contributed by atoms with Gasteiger partial charge in [0, 0.05) is 32.9 Å². The number of rotatable bonds is 2. The maximum Gasteiger partial charge on any atom is 0.257 e. The van der Waals surface area contributed by atoms with Gasteiger partial charge >= 0.3 is 0 Å². The van der Waals surface area contributed by atoms with Crippen molar-refractivity contribution in [3.05, 3.63) is 18.0 Å². The van der Waals surface area contributed by atoms with Crippen molar-refractivity contribution in [3.8, 4) is 0 Å². The summed E-state index contributed by atoms with van der Waals surface area (Å²) in [5.74, 6) is -0.0798. The lowest BCUT2D eigenvalue weighted by Gasteiger charge is -2.42. The minimum Gasteiger partial charge on any atom is -0.361 e. The number of morpholine rings is 1. The summed E-state index contributed by atoms with van der Waals surface area (Å²) in [4.78, 5) is 28.9. The first kappa shape index (κ1) is 16.0. The first-order chi connectivity index (χ1) is 11.1. The molecule has 2 amide bonds. The second-order valence-corrected chi connectivity index (χ2v) is 6.34. The molecule has 2 fully saturated rings. The summed E-state index contributed by atoms with van der Waals surface area (Å²) < 4.78 is 7.64. The average Bonchev–Trinajstić information content (AvgIpc) is 3.02. The molecule has 1 aromatic rings. The smallest absolute Gasteiger partial charge is 0.257 e. The van der Waals surface area contributed by atoms with Crippen molar-refractivity contribution in [3.63, 3.8) is 0 Å². The molecule has 0 N–H and O–H groups in total. The zero-order chi connectivity index (χ0) is 16.4. The summed E-state index contributed by atoms with van der Waals surface area (Å²) >= 11 is 0. The van der Waals surface area contributed by atoms with Gasteiger partial charge in [0.05, 0.1) is 24.9 Å². The van der Waals surface area contributed by atoms with E-state index in [0.717, 1.165) is 25.9 Å². The molecule has 2 saturated heterocycles. The second kappa shape index (κ2) is 6.31. The number of likely N-dealkylation sites (N-methyl/N-ethyl adjacent to an activating group) is 1. The Labute approximate surface area is 136 Å². The topological polar surface area (TPSA) is 67.7 Å². The fourth-order valence-corrected chi connectivity index (χ4v) is 3.38. The van der Waals surface area contributed by atoms with Gasteiger partial charge in [-0.2, -0.15) is 5.10 Å². The minimum absolute atomic E-state index is 0.00301. The van der Waals surface area contributed by atoms with Crippen LogP contribution in [0.1, 0.15) is 36.5 Å². The van der Waals surface area contributed by atoms with Crippen molar-refractivity contribution >= 4 is 11.8 Å². The molecule has 0 bridgehead atoms. The predicted octanol–water partition coefficient (Wildman–Crippen LogP) is 0.757. The average molecular weight is 320 g/mol. The number of hydrogen-bond acceptors (Lipinski definition) is 4. The standard InChI is InChI=1S/C16H24N4O3/c1-3-20-11-13(10-17-20)14(21)19-8-9-23-16(12-19)6-4-5-7-18(2)15(16)22/h10-11H,3-9,12H2,1-2H3. The molecule has 3 heterocycles. The first-order valence-electron chi connectivity index (χ1n) is 8.27. The number of ether oxygens (including phenoxy) is 1. The van der Waals surface area contributed by atoms with Gasteiger partial charge in [-0.15, -0.1) is 0 Å². The van der Waals surface area contributed by atoms with Crippen LogP contribution in [0.15, 0.2) is 12.4 Å². The molecular weight excluding hydrogens is 296 g/mol. The molecule has 0 radical (unpaired) electrons. The van der Waals surface area contributed by atoms with E-state index < -0.39 is 5.60 Å². The van der Waals surface area contributed by atoms with Gasteiger partial charge in [0.25, 0.3) is 11.8 Å². The highest BCUT2D eigenvalue weighted by molar-refractivity contribution is 5.95. The molecule has 7 heteroatoms. The van der Waals surface area contributed by atoms with Gasteiger partial charge in [0.1, 0.15) is 0 Å². The molecule has 126 valence electrons. The summed E-state index contributed by atoms with van der Waals surface area (Å²) in [6, 6.07) is 0. The van der Waals surface area contributed by atoms with Crippen molar-refractivity contribution in [1.29, 1.82) is 0 Å². The molecular formula is C16H24N4O3. The molecule has 2 aliphatic rings. The molecule has 2 aliphatic heterocycles. The molecule has 0 aromatic carbocycles. The number of amides is 2. The summed E-state index contributed by atoms with van der Waals surface area (Å²) in [6.45, 7) is 4.68. The van der Waals surface area contributed by atoms with E-state index in [-0.39, 0.29) is 11.8 Å². The minimum atomic E-state index is -0.875. The van der Waals surface area contributed by atoms with E-state index in [1.54, 1.807) is 26.9 Å². The SMILES string of the molecule is CCn1cc(C(=O)N2CCOC3(CCCCN(C)C3=O)C2)cn1. The number of hydrogen-bond donors (Lipinski definition) is 0. The van der Waals surface area contributed by atoms with Crippen molar-refractivity contribution in [2.24, 2.45) is 0 Å². The lowest BCUT2D eigenvalue weighted by atomic mass is 9.94. The van der Waals surface area contributed by atoms with Gasteiger partial charge in [0.2, 0.25) is 0 Å². The van der Waals surface area contributed by atoms with E-state index in [9.17, 15) is 9.59 Å². The van der Waals surface area contributed by atoms with E-state index in [1.165, 1.54) is 0 Å². The highest BCUT2D eigenvalue weighted by Gasteiger charge is 2.47. The normalized spacial score (nSPS) is 25.7. The van der Waals surface area contributed by atoms with Gasteiger partial charge in [-0.1, -0.05) is 0 Å². The number of carbonyl (C=O) groups excluding carboxylic acids is 2. The quantitative estimate of drug-likeness (QED) is 0.807. The molecule has 0 aliphatic carbocycles. The maximum atomic E-state index is 12.7. The summed E-state index contributed by atoms with van der Waals surface area (Å²) in [5, 5.41) is 4.16. The van der Waals surface area contributed by atoms with E-state index in [0.29, 0.717) is 31.7 Å². The van der Waals surface area contributed by atoms with Crippen LogP contribution in [0.3, 0.4) is 0 Å². The number of aromatic nitrogens is 2. The Morgan fingerprint density at radius 2 is 2.22 bits per heavy atom. The van der Waals surface area contributed by atoms with Crippen molar-refractivity contribution < 1.29 is 14.3 Å². The van der Waals surface area contributed by atoms with Gasteiger partial charge in [-0.3, -0.25) is 14.3 Å². The zero-order valence-electron chi connectivity index (χ0n) is 13.8. The van der Waals surface area contributed by atoms with Crippen LogP contribution in [-0.4, -0.2) is 70.3 Å². The van der Waals surface area contributed by atoms with Gasteiger partial charge in [0.15, 0.2) is 5.60 Å². The zero-order valence-corrected chi connectivity index (χ0v) is 13.8. The fourth-order valence-electron chi connectivity index (χ4n) is 3.38. The van der Waals surface area contributed by atoms with Crippen LogP contribution in [0.2, 0.25) is 0 Å². The lowest BCUT2D eigenvalue weighted by Crippen LogP contribution is -2.60. The number of aryl methyl sites for hydroxylation is 1. The van der Waals surface area contributed by atoms with Crippen molar-refractivity contribution in [2.75, 3.05) is 33.3 Å². The Bertz CT molecular complexity index is 600. The van der Waals surface area contributed by atoms with Crippen LogP contribution in [-0.2, 0) is 16.1 Å². The van der Waals surface area contributed by atoms with Crippen LogP contribution < -0.4 is 0 Å². The molecule has 3 rings (SSSR count). The van der Waals surface area contributed by atoms with Crippen LogP contribution in [0.25, 0.3) is 0 Å². The Morgan fingerprint density at radius 3 is 2.96 bits per heavy atom. The van der Waals surface area contributed by atoms with Gasteiger partial charge in [-0.25, -0.2) is 0 Å². The summed E-state index contributed by atoms with van der Waals surface area (Å²) in [6.07, 6.45) is 5.94. The molecule has 1 spiro atoms. The third-order valence-electron chi connectivity index (χ3n) is 4.74. The predicted molar refractivity (Wildman–Crippen MR) is 84.0 cm³/mol. The third-order valence-corrected chi connectivity index (χ3v) is 4.74. The first-order valence-corrected chi connectivity index (χ1v) is 8.27. The van der Waals surface area contributed by atoms with Crippen LogP contribution in [0.4, 0.5) is 0 Å². The van der Waals surface area contributed by atoms with E-state index in [1.807, 2.05) is 14.0 Å². The molecule has 1 atom stereocenters. The van der Waals surface area contributed by atoms with Crippen LogP contribution >= 0.6 is 0 Å². The number of likely N-dealkylation sites (tertiary alicyclic amines) is 1. The maximum absolute atomic E-state index is 12.7. The molecule has 1 aromatic heterocycles. The van der Waals surface area contributed by atoms with E-state index in [4.69, 9.17) is 4.74 Å². The summed E-state index contributed by atoms with van der Waals surface area (Å²) in [7, 11) is 1.81. The van der Waals surface area contributed by atoms with Crippen molar-refractivity contribution in [1.82, 2.24) is 19.6 Å². The second-order valence-electron chi connectivity index (χ2n) is 6.34. The number of nitrogens with zero attached hydrogens (tertiary/aromatic N) is 4. The molecule has 0 saturated carbocycles. The van der Waals surface area contributed by atoms with Gasteiger partial charge < -0.3 is 14.5 Å². The fraction of sp³-hybridized carbons (Fsp3) is 0.688. The largest absolute Gasteiger partial charge is 0.361 e. The Balaban J connectivity index is 1.79. The highest BCUT2D eigenvalue weighted by Crippen LogP contribution is 2.29. The van der Waals surface area contributed by atoms with E-state index in [2.05, 4.69) is 5.10 Å². The molecule has 7 nitrogen and oxygen atoms in total. The monoisotopic (exact) mass is 320 g/mol. The summed E-state index contributed by atoms with van der Waals surface area (Å²) in [5.41, 5.74) is -0.307. The Hall–Kier alpha value is -1.89. The number of carbonyl (C=O) groups is 2. The Morgan fingerprint density at radius 1 is 1.39 bits per heavy atom. The van der Waals surface area contributed by atoms with Crippen molar-refractivity contribution in [2.45, 2.75) is 38.3 Å². The van der Waals surface area contributed by atoms with Crippen LogP contribution in [0.5, 0.6) is 0 Å². The Kier molecular flexibility index (Phi) is 4.39.